The van der Waals surface area contributed by atoms with E-state index in [1.807, 2.05) is 0 Å². The van der Waals surface area contributed by atoms with Gasteiger partial charge in [0.1, 0.15) is 0 Å². The highest BCUT2D eigenvalue weighted by Gasteiger charge is 2.23. The number of halogens is 1. The molecule has 0 radical (unpaired) electrons. The Hall–Kier alpha value is -2.06. The SMILES string of the molecule is C[C@H]1CCCC[C@@H]1NC(=O)NC(=O)CSc1nnc(-c2ccc(Cl)cc2)o1. The van der Waals surface area contributed by atoms with E-state index in [9.17, 15) is 9.59 Å². The van der Waals surface area contributed by atoms with Crippen LogP contribution < -0.4 is 10.6 Å². The largest absolute Gasteiger partial charge is 0.411 e. The van der Waals surface area contributed by atoms with E-state index >= 15 is 0 Å². The van der Waals surface area contributed by atoms with Crippen molar-refractivity contribution in [2.75, 3.05) is 5.75 Å². The second-order valence-electron chi connectivity index (χ2n) is 6.56. The smallest absolute Gasteiger partial charge is 0.321 e. The summed E-state index contributed by atoms with van der Waals surface area (Å²) in [5, 5.41) is 14.0. The Bertz CT molecular complexity index is 796. The molecule has 1 aliphatic carbocycles. The van der Waals surface area contributed by atoms with Crippen LogP contribution in [0.4, 0.5) is 4.79 Å². The molecule has 0 saturated heterocycles. The fourth-order valence-electron chi connectivity index (χ4n) is 3.00. The van der Waals surface area contributed by atoms with Crippen molar-refractivity contribution in [1.82, 2.24) is 20.8 Å². The number of thioether (sulfide) groups is 1. The van der Waals surface area contributed by atoms with Crippen molar-refractivity contribution in [2.24, 2.45) is 5.92 Å². The second-order valence-corrected chi connectivity index (χ2v) is 7.92. The van der Waals surface area contributed by atoms with Crippen LogP contribution in [-0.4, -0.2) is 33.9 Å². The molecular weight excluding hydrogens is 388 g/mol. The molecule has 1 saturated carbocycles. The normalized spacial score (nSPS) is 19.5. The average Bonchev–Trinajstić information content (AvgIpc) is 3.11. The molecule has 0 spiro atoms. The highest BCUT2D eigenvalue weighted by molar-refractivity contribution is 7.99. The van der Waals surface area contributed by atoms with Gasteiger partial charge in [0.05, 0.1) is 5.75 Å². The van der Waals surface area contributed by atoms with Gasteiger partial charge in [-0.25, -0.2) is 4.79 Å². The van der Waals surface area contributed by atoms with Gasteiger partial charge in [0, 0.05) is 16.6 Å². The lowest BCUT2D eigenvalue weighted by Crippen LogP contribution is -2.48. The van der Waals surface area contributed by atoms with E-state index in [4.69, 9.17) is 16.0 Å². The van der Waals surface area contributed by atoms with Crippen LogP contribution in [0.15, 0.2) is 33.9 Å². The molecule has 2 N–H and O–H groups in total. The standard InChI is InChI=1S/C18H21ClN4O3S/c1-11-4-2-3-5-14(11)20-17(25)21-15(24)10-27-18-23-22-16(26-18)12-6-8-13(19)9-7-12/h6-9,11,14H,2-5,10H2,1H3,(H2,20,21,24,25)/t11-,14-/m0/s1. The van der Waals surface area contributed by atoms with Crippen molar-refractivity contribution in [3.63, 3.8) is 0 Å². The topological polar surface area (TPSA) is 97.1 Å². The molecule has 3 amide bonds. The van der Waals surface area contributed by atoms with Gasteiger partial charge in [0.15, 0.2) is 0 Å². The number of hydrogen-bond acceptors (Lipinski definition) is 6. The maximum Gasteiger partial charge on any atom is 0.321 e. The van der Waals surface area contributed by atoms with Crippen LogP contribution in [0.25, 0.3) is 11.5 Å². The molecule has 3 rings (SSSR count). The number of aromatic nitrogens is 2. The van der Waals surface area contributed by atoms with Gasteiger partial charge in [-0.2, -0.15) is 0 Å². The predicted octanol–water partition coefficient (Wildman–Crippen LogP) is 3.89. The van der Waals surface area contributed by atoms with Gasteiger partial charge >= 0.3 is 6.03 Å². The van der Waals surface area contributed by atoms with Crippen molar-refractivity contribution in [1.29, 1.82) is 0 Å². The summed E-state index contributed by atoms with van der Waals surface area (Å²) in [6.45, 7) is 2.12. The highest BCUT2D eigenvalue weighted by Crippen LogP contribution is 2.25. The zero-order valence-corrected chi connectivity index (χ0v) is 16.5. The molecule has 7 nitrogen and oxygen atoms in total. The molecule has 1 fully saturated rings. The monoisotopic (exact) mass is 408 g/mol. The van der Waals surface area contributed by atoms with Crippen LogP contribution in [0.3, 0.4) is 0 Å². The van der Waals surface area contributed by atoms with E-state index in [0.29, 0.717) is 16.8 Å². The minimum absolute atomic E-state index is 0.00981. The zero-order chi connectivity index (χ0) is 19.2. The van der Waals surface area contributed by atoms with Gasteiger partial charge in [0.25, 0.3) is 5.22 Å². The highest BCUT2D eigenvalue weighted by atomic mass is 35.5. The van der Waals surface area contributed by atoms with Crippen LogP contribution in [0.5, 0.6) is 0 Å². The molecule has 2 atom stereocenters. The Morgan fingerprint density at radius 3 is 2.70 bits per heavy atom. The first-order valence-electron chi connectivity index (χ1n) is 8.84. The number of rotatable bonds is 5. The third kappa shape index (κ3) is 5.71. The first kappa shape index (κ1) is 19.7. The lowest BCUT2D eigenvalue weighted by atomic mass is 9.86. The fraction of sp³-hybridized carbons (Fsp3) is 0.444. The quantitative estimate of drug-likeness (QED) is 0.728. The zero-order valence-electron chi connectivity index (χ0n) is 14.9. The van der Waals surface area contributed by atoms with Gasteiger partial charge in [0.2, 0.25) is 11.8 Å². The predicted molar refractivity (Wildman–Crippen MR) is 104 cm³/mol. The molecule has 0 bridgehead atoms. The summed E-state index contributed by atoms with van der Waals surface area (Å²) in [6, 6.07) is 6.67. The molecule has 1 aromatic carbocycles. The second kappa shape index (κ2) is 9.23. The fourth-order valence-corrected chi connectivity index (χ4v) is 3.69. The van der Waals surface area contributed by atoms with Gasteiger partial charge < -0.3 is 9.73 Å². The number of nitrogens with one attached hydrogen (secondary N) is 2. The summed E-state index contributed by atoms with van der Waals surface area (Å²) in [7, 11) is 0. The number of nitrogens with zero attached hydrogens (tertiary/aromatic N) is 2. The lowest BCUT2D eigenvalue weighted by molar-refractivity contribution is -0.117. The van der Waals surface area contributed by atoms with Crippen molar-refractivity contribution in [3.8, 4) is 11.5 Å². The third-order valence-electron chi connectivity index (χ3n) is 4.51. The number of urea groups is 1. The molecule has 0 aliphatic heterocycles. The third-order valence-corrected chi connectivity index (χ3v) is 5.58. The van der Waals surface area contributed by atoms with Gasteiger partial charge in [-0.15, -0.1) is 10.2 Å². The molecule has 144 valence electrons. The number of benzene rings is 1. The summed E-state index contributed by atoms with van der Waals surface area (Å²) in [5.74, 6) is 0.375. The summed E-state index contributed by atoms with van der Waals surface area (Å²) in [6.07, 6.45) is 4.35. The van der Waals surface area contributed by atoms with Gasteiger partial charge in [-0.1, -0.05) is 43.1 Å². The Kier molecular flexibility index (Phi) is 6.73. The van der Waals surface area contributed by atoms with E-state index in [1.165, 1.54) is 6.42 Å². The summed E-state index contributed by atoms with van der Waals surface area (Å²) in [4.78, 5) is 23.9. The summed E-state index contributed by atoms with van der Waals surface area (Å²) < 4.78 is 5.52. The van der Waals surface area contributed by atoms with Gasteiger partial charge in [-0.3, -0.25) is 10.1 Å². The number of imide groups is 1. The molecule has 1 aromatic heterocycles. The van der Waals surface area contributed by atoms with E-state index < -0.39 is 11.9 Å². The van der Waals surface area contributed by atoms with Gasteiger partial charge in [-0.05, 0) is 43.0 Å². The molecular formula is C18H21ClN4O3S. The van der Waals surface area contributed by atoms with E-state index in [2.05, 4.69) is 27.8 Å². The maximum atomic E-state index is 12.0. The molecule has 9 heteroatoms. The minimum Gasteiger partial charge on any atom is -0.411 e. The van der Waals surface area contributed by atoms with Crippen molar-refractivity contribution in [3.05, 3.63) is 29.3 Å². The van der Waals surface area contributed by atoms with Crippen LogP contribution in [-0.2, 0) is 4.79 Å². The van der Waals surface area contributed by atoms with E-state index in [-0.39, 0.29) is 17.0 Å². The minimum atomic E-state index is -0.452. The van der Waals surface area contributed by atoms with Crippen LogP contribution in [0.2, 0.25) is 5.02 Å². The Balaban J connectivity index is 1.45. The van der Waals surface area contributed by atoms with E-state index in [1.54, 1.807) is 24.3 Å². The maximum absolute atomic E-state index is 12.0. The number of carbonyl (C=O) groups excluding carboxylic acids is 2. The molecule has 0 unspecified atom stereocenters. The number of carbonyl (C=O) groups is 2. The summed E-state index contributed by atoms with van der Waals surface area (Å²) >= 11 is 6.93. The number of amides is 3. The molecule has 27 heavy (non-hydrogen) atoms. The van der Waals surface area contributed by atoms with Crippen molar-refractivity contribution < 1.29 is 14.0 Å². The molecule has 2 aromatic rings. The first-order chi connectivity index (χ1) is 13.0. The van der Waals surface area contributed by atoms with Crippen LogP contribution in [0.1, 0.15) is 32.6 Å². The summed E-state index contributed by atoms with van der Waals surface area (Å²) in [5.41, 5.74) is 0.740. The first-order valence-corrected chi connectivity index (χ1v) is 10.2. The van der Waals surface area contributed by atoms with Crippen LogP contribution in [0, 0.1) is 5.92 Å². The Morgan fingerprint density at radius 2 is 1.96 bits per heavy atom. The van der Waals surface area contributed by atoms with Crippen molar-refractivity contribution in [2.45, 2.75) is 43.9 Å². The average molecular weight is 409 g/mol. The number of hydrogen-bond donors (Lipinski definition) is 2. The molecule has 1 aliphatic rings. The lowest BCUT2D eigenvalue weighted by Gasteiger charge is -2.29. The Labute approximate surface area is 166 Å². The molecule has 1 heterocycles. The Morgan fingerprint density at radius 1 is 1.22 bits per heavy atom. The van der Waals surface area contributed by atoms with E-state index in [0.717, 1.165) is 36.6 Å². The van der Waals surface area contributed by atoms with Crippen molar-refractivity contribution >= 4 is 35.3 Å². The van der Waals surface area contributed by atoms with Crippen LogP contribution >= 0.6 is 23.4 Å².